The fourth-order valence-electron chi connectivity index (χ4n) is 1.80. The van der Waals surface area contributed by atoms with Gasteiger partial charge in [0.1, 0.15) is 0 Å². The second-order valence-electron chi connectivity index (χ2n) is 4.02. The van der Waals surface area contributed by atoms with Crippen molar-refractivity contribution in [3.8, 4) is 0 Å². The topological polar surface area (TPSA) is 39.1 Å². The van der Waals surface area contributed by atoms with E-state index in [1.165, 1.54) is 5.69 Å². The molecule has 0 saturated heterocycles. The fourth-order valence-corrected chi connectivity index (χ4v) is 1.80. The van der Waals surface area contributed by atoms with Gasteiger partial charge in [0.05, 0.1) is 37.1 Å². The Bertz CT molecular complexity index is 368. The normalized spacial score (nSPS) is 19.5. The number of ether oxygens (including phenoxy) is 1. The van der Waals surface area contributed by atoms with Gasteiger partial charge in [-0.25, -0.2) is 4.98 Å². The number of hydrogen-bond donors (Lipinski definition) is 1. The molecule has 0 fully saturated rings. The SMILES string of the molecule is CCOC1=Cn2cncc2C(C(C)C)N1. The summed E-state index contributed by atoms with van der Waals surface area (Å²) in [4.78, 5) is 4.15. The van der Waals surface area contributed by atoms with Gasteiger partial charge in [0, 0.05) is 0 Å². The van der Waals surface area contributed by atoms with E-state index in [-0.39, 0.29) is 6.04 Å². The molecule has 0 aliphatic carbocycles. The molecule has 1 atom stereocenters. The first-order chi connectivity index (χ1) is 7.22. The molecule has 15 heavy (non-hydrogen) atoms. The third-order valence-corrected chi connectivity index (χ3v) is 2.54. The molecular weight excluding hydrogens is 190 g/mol. The van der Waals surface area contributed by atoms with Gasteiger partial charge in [0.15, 0.2) is 0 Å². The second kappa shape index (κ2) is 3.96. The average molecular weight is 207 g/mol. The summed E-state index contributed by atoms with van der Waals surface area (Å²) in [5.74, 6) is 1.33. The zero-order valence-electron chi connectivity index (χ0n) is 9.40. The van der Waals surface area contributed by atoms with Crippen LogP contribution >= 0.6 is 0 Å². The van der Waals surface area contributed by atoms with Gasteiger partial charge >= 0.3 is 0 Å². The molecule has 1 N–H and O–H groups in total. The Morgan fingerprint density at radius 3 is 3.07 bits per heavy atom. The van der Waals surface area contributed by atoms with E-state index in [0.29, 0.717) is 12.5 Å². The van der Waals surface area contributed by atoms with Gasteiger partial charge in [-0.1, -0.05) is 13.8 Å². The van der Waals surface area contributed by atoms with Crippen LogP contribution < -0.4 is 5.32 Å². The molecule has 4 nitrogen and oxygen atoms in total. The van der Waals surface area contributed by atoms with Gasteiger partial charge < -0.3 is 14.6 Å². The van der Waals surface area contributed by atoms with Crippen LogP contribution in [-0.2, 0) is 4.74 Å². The van der Waals surface area contributed by atoms with Crippen LogP contribution in [0.5, 0.6) is 0 Å². The molecule has 1 aliphatic rings. The first-order valence-corrected chi connectivity index (χ1v) is 5.35. The maximum Gasteiger partial charge on any atom is 0.204 e. The van der Waals surface area contributed by atoms with E-state index in [1.54, 1.807) is 0 Å². The van der Waals surface area contributed by atoms with Crippen LogP contribution in [-0.4, -0.2) is 16.2 Å². The van der Waals surface area contributed by atoms with Crippen molar-refractivity contribution in [3.05, 3.63) is 24.1 Å². The number of nitrogens with one attached hydrogen (secondary N) is 1. The molecule has 1 aromatic rings. The van der Waals surface area contributed by atoms with Gasteiger partial charge in [0.25, 0.3) is 0 Å². The maximum absolute atomic E-state index is 5.49. The summed E-state index contributed by atoms with van der Waals surface area (Å²) in [6.07, 6.45) is 5.65. The molecule has 0 bridgehead atoms. The van der Waals surface area contributed by atoms with Gasteiger partial charge in [-0.2, -0.15) is 0 Å². The molecule has 4 heteroatoms. The summed E-state index contributed by atoms with van der Waals surface area (Å²) < 4.78 is 7.51. The van der Waals surface area contributed by atoms with Crippen molar-refractivity contribution in [3.63, 3.8) is 0 Å². The van der Waals surface area contributed by atoms with Crippen LogP contribution in [0.2, 0.25) is 0 Å². The first-order valence-electron chi connectivity index (χ1n) is 5.35. The standard InChI is InChI=1S/C11H17N3O/c1-4-15-10-6-14-7-12-5-9(14)11(13-10)8(2)3/h5-8,11,13H,4H2,1-3H3. The Morgan fingerprint density at radius 2 is 2.40 bits per heavy atom. The van der Waals surface area contributed by atoms with Crippen LogP contribution in [0, 0.1) is 5.92 Å². The molecular formula is C11H17N3O. The number of hydrogen-bond acceptors (Lipinski definition) is 3. The highest BCUT2D eigenvalue weighted by Crippen LogP contribution is 2.26. The van der Waals surface area contributed by atoms with E-state index in [4.69, 9.17) is 4.74 Å². The van der Waals surface area contributed by atoms with E-state index in [1.807, 2.05) is 30.2 Å². The summed E-state index contributed by atoms with van der Waals surface area (Å²) in [7, 11) is 0. The predicted molar refractivity (Wildman–Crippen MR) is 58.8 cm³/mol. The lowest BCUT2D eigenvalue weighted by Gasteiger charge is -2.28. The number of imidazole rings is 1. The molecule has 82 valence electrons. The Hall–Kier alpha value is -1.45. The Balaban J connectivity index is 2.30. The van der Waals surface area contributed by atoms with Crippen LogP contribution in [0.1, 0.15) is 32.5 Å². The number of rotatable bonds is 3. The monoisotopic (exact) mass is 207 g/mol. The summed E-state index contributed by atoms with van der Waals surface area (Å²) in [5.41, 5.74) is 1.19. The van der Waals surface area contributed by atoms with Crippen LogP contribution in [0.3, 0.4) is 0 Å². The van der Waals surface area contributed by atoms with Gasteiger partial charge in [0.2, 0.25) is 5.88 Å². The van der Waals surface area contributed by atoms with Gasteiger partial charge in [-0.15, -0.1) is 0 Å². The zero-order chi connectivity index (χ0) is 10.8. The molecule has 2 rings (SSSR count). The zero-order valence-corrected chi connectivity index (χ0v) is 9.40. The lowest BCUT2D eigenvalue weighted by Crippen LogP contribution is -2.31. The molecule has 2 heterocycles. The Kier molecular flexibility index (Phi) is 2.66. The van der Waals surface area contributed by atoms with Crippen LogP contribution in [0.25, 0.3) is 6.20 Å². The number of aromatic nitrogens is 2. The van der Waals surface area contributed by atoms with Gasteiger partial charge in [-0.3, -0.25) is 0 Å². The smallest absolute Gasteiger partial charge is 0.204 e. The lowest BCUT2D eigenvalue weighted by atomic mass is 10.0. The van der Waals surface area contributed by atoms with E-state index in [9.17, 15) is 0 Å². The van der Waals surface area contributed by atoms with Crippen molar-refractivity contribution in [1.82, 2.24) is 14.9 Å². The molecule has 0 spiro atoms. The fraction of sp³-hybridized carbons (Fsp3) is 0.545. The van der Waals surface area contributed by atoms with Crippen molar-refractivity contribution >= 4 is 6.20 Å². The summed E-state index contributed by atoms with van der Waals surface area (Å²) in [6, 6.07) is 0.277. The minimum absolute atomic E-state index is 0.277. The third kappa shape index (κ3) is 1.84. The highest BCUT2D eigenvalue weighted by molar-refractivity contribution is 5.34. The van der Waals surface area contributed by atoms with E-state index >= 15 is 0 Å². The molecule has 0 amide bonds. The van der Waals surface area contributed by atoms with Crippen molar-refractivity contribution < 1.29 is 4.74 Å². The largest absolute Gasteiger partial charge is 0.478 e. The summed E-state index contributed by atoms with van der Waals surface area (Å²) in [6.45, 7) is 7.03. The molecule has 0 radical (unpaired) electrons. The summed E-state index contributed by atoms with van der Waals surface area (Å²) >= 11 is 0. The number of nitrogens with zero attached hydrogens (tertiary/aromatic N) is 2. The van der Waals surface area contributed by atoms with E-state index in [2.05, 4.69) is 24.1 Å². The maximum atomic E-state index is 5.49. The summed E-state index contributed by atoms with van der Waals surface area (Å²) in [5, 5.41) is 3.37. The first kappa shape index (κ1) is 10.1. The van der Waals surface area contributed by atoms with Crippen LogP contribution in [0.15, 0.2) is 18.4 Å². The number of fused-ring (bicyclic) bond motifs is 1. The quantitative estimate of drug-likeness (QED) is 0.823. The van der Waals surface area contributed by atoms with E-state index < -0.39 is 0 Å². The van der Waals surface area contributed by atoms with Crippen LogP contribution in [0.4, 0.5) is 0 Å². The van der Waals surface area contributed by atoms with Crippen molar-refractivity contribution in [2.45, 2.75) is 26.8 Å². The van der Waals surface area contributed by atoms with Crippen molar-refractivity contribution in [1.29, 1.82) is 0 Å². The Labute approximate surface area is 90.0 Å². The molecule has 0 saturated carbocycles. The second-order valence-corrected chi connectivity index (χ2v) is 4.02. The Morgan fingerprint density at radius 1 is 1.60 bits per heavy atom. The lowest BCUT2D eigenvalue weighted by molar-refractivity contribution is 0.187. The minimum Gasteiger partial charge on any atom is -0.478 e. The average Bonchev–Trinajstić information content (AvgIpc) is 2.64. The van der Waals surface area contributed by atoms with Gasteiger partial charge in [-0.05, 0) is 12.8 Å². The molecule has 1 unspecified atom stereocenters. The molecule has 0 aromatic carbocycles. The van der Waals surface area contributed by atoms with Crippen molar-refractivity contribution in [2.75, 3.05) is 6.61 Å². The predicted octanol–water partition coefficient (Wildman–Crippen LogP) is 1.98. The minimum atomic E-state index is 0.277. The highest BCUT2D eigenvalue weighted by Gasteiger charge is 2.24. The third-order valence-electron chi connectivity index (χ3n) is 2.54. The highest BCUT2D eigenvalue weighted by atomic mass is 16.5. The molecule has 1 aliphatic heterocycles. The molecule has 1 aromatic heterocycles. The van der Waals surface area contributed by atoms with Crippen molar-refractivity contribution in [2.24, 2.45) is 5.92 Å². The van der Waals surface area contributed by atoms with E-state index in [0.717, 1.165) is 5.88 Å².